The molecule has 0 N–H and O–H groups in total. The molecule has 59 heavy (non-hydrogen) atoms. The van der Waals surface area contributed by atoms with Crippen molar-refractivity contribution >= 4 is 46.2 Å². The summed E-state index contributed by atoms with van der Waals surface area (Å²) in [5.41, 5.74) is 17.3. The minimum Gasteiger partial charge on any atom is -0.314 e. The molecule has 0 bridgehead atoms. The van der Waals surface area contributed by atoms with Crippen molar-refractivity contribution in [1.29, 1.82) is 0 Å². The molecule has 1 aromatic heterocycles. The summed E-state index contributed by atoms with van der Waals surface area (Å²) >= 11 is 0. The molecule has 1 heterocycles. The molecule has 2 nitrogen and oxygen atoms in total. The van der Waals surface area contributed by atoms with Gasteiger partial charge in [0.2, 0.25) is 0 Å². The van der Waals surface area contributed by atoms with E-state index in [1.54, 1.807) is 0 Å². The summed E-state index contributed by atoms with van der Waals surface area (Å²) in [4.78, 5) is 2.25. The maximum Gasteiger partial charge on any atom is 0.0537 e. The van der Waals surface area contributed by atoms with E-state index in [0.29, 0.717) is 0 Å². The molecular weight excluding hydrogens is 713 g/mol. The van der Waals surface area contributed by atoms with E-state index in [-0.39, 0.29) is 10.8 Å². The Kier molecular flexibility index (Phi) is 10.5. The van der Waals surface area contributed by atoms with Crippen molar-refractivity contribution in [2.45, 2.75) is 66.2 Å². The predicted octanol–water partition coefficient (Wildman–Crippen LogP) is 13.6. The molecule has 0 radical (unpaired) electrons. The SMILES string of the molecule is C=C/C(=C\C=C/C)N(c1ccccc1)c1ccc(C2=CC=C(n3c(=C)/c(=C\C4=C(C)C(C)(C)C5=C4Cc4ccccc4C(C)(C)C(=C)C=C5)c4ccccc43)CC2)cc1. The van der Waals surface area contributed by atoms with Crippen LogP contribution in [0, 0.1) is 5.41 Å². The number of para-hydroxylation sites is 2. The lowest BCUT2D eigenvalue weighted by Crippen LogP contribution is -2.28. The lowest BCUT2D eigenvalue weighted by molar-refractivity contribution is 0.561. The van der Waals surface area contributed by atoms with E-state index in [1.807, 2.05) is 19.1 Å². The summed E-state index contributed by atoms with van der Waals surface area (Å²) < 4.78 is 2.40. The van der Waals surface area contributed by atoms with E-state index in [4.69, 9.17) is 6.58 Å². The van der Waals surface area contributed by atoms with E-state index in [9.17, 15) is 0 Å². The van der Waals surface area contributed by atoms with E-state index in [1.165, 1.54) is 66.4 Å². The monoisotopic (exact) mass is 768 g/mol. The first-order chi connectivity index (χ1) is 28.4. The number of nitrogens with zero attached hydrogens (tertiary/aromatic N) is 2. The van der Waals surface area contributed by atoms with Crippen LogP contribution in [0.3, 0.4) is 0 Å². The Morgan fingerprint density at radius 1 is 0.763 bits per heavy atom. The number of allylic oxidation sites excluding steroid dienone is 15. The maximum atomic E-state index is 4.81. The van der Waals surface area contributed by atoms with E-state index >= 15 is 0 Å². The Balaban J connectivity index is 1.18. The Morgan fingerprint density at radius 2 is 1.46 bits per heavy atom. The van der Waals surface area contributed by atoms with Crippen molar-refractivity contribution in [3.8, 4) is 0 Å². The second-order valence-electron chi connectivity index (χ2n) is 17.1. The third-order valence-electron chi connectivity index (χ3n) is 13.1. The Morgan fingerprint density at radius 3 is 2.17 bits per heavy atom. The van der Waals surface area contributed by atoms with Crippen molar-refractivity contribution in [3.63, 3.8) is 0 Å². The van der Waals surface area contributed by atoms with Gasteiger partial charge in [-0.25, -0.2) is 0 Å². The smallest absolute Gasteiger partial charge is 0.0537 e. The highest BCUT2D eigenvalue weighted by Gasteiger charge is 2.37. The first-order valence-electron chi connectivity index (χ1n) is 21.0. The second-order valence-corrected chi connectivity index (χ2v) is 17.1. The summed E-state index contributed by atoms with van der Waals surface area (Å²) in [7, 11) is 0. The number of rotatable bonds is 8. The molecule has 0 amide bonds. The zero-order valence-electron chi connectivity index (χ0n) is 35.6. The van der Waals surface area contributed by atoms with Gasteiger partial charge in [-0.3, -0.25) is 0 Å². The van der Waals surface area contributed by atoms with Crippen molar-refractivity contribution in [1.82, 2.24) is 4.57 Å². The summed E-state index contributed by atoms with van der Waals surface area (Å²) in [6, 6.07) is 37.2. The third kappa shape index (κ3) is 7.01. The van der Waals surface area contributed by atoms with Crippen LogP contribution in [0.15, 0.2) is 198 Å². The fourth-order valence-corrected chi connectivity index (χ4v) is 9.30. The van der Waals surface area contributed by atoms with Crippen LogP contribution in [0.2, 0.25) is 0 Å². The van der Waals surface area contributed by atoms with Gasteiger partial charge in [-0.2, -0.15) is 0 Å². The molecule has 294 valence electrons. The lowest BCUT2D eigenvalue weighted by Gasteiger charge is -2.29. The lowest BCUT2D eigenvalue weighted by atomic mass is 9.75. The molecule has 0 atom stereocenters. The van der Waals surface area contributed by atoms with Crippen LogP contribution in [0.25, 0.3) is 34.8 Å². The number of hydrogen-bond donors (Lipinski definition) is 0. The van der Waals surface area contributed by atoms with Crippen LogP contribution in [0.1, 0.15) is 71.1 Å². The van der Waals surface area contributed by atoms with Gasteiger partial charge < -0.3 is 9.47 Å². The van der Waals surface area contributed by atoms with Gasteiger partial charge >= 0.3 is 0 Å². The minimum absolute atomic E-state index is 0.122. The normalized spacial score (nSPS) is 18.0. The van der Waals surface area contributed by atoms with Gasteiger partial charge in [-0.05, 0) is 132 Å². The number of hydrogen-bond acceptors (Lipinski definition) is 1. The van der Waals surface area contributed by atoms with Gasteiger partial charge in [0, 0.05) is 49.6 Å². The second kappa shape index (κ2) is 15.8. The van der Waals surface area contributed by atoms with Crippen LogP contribution in [-0.4, -0.2) is 4.57 Å². The van der Waals surface area contributed by atoms with Crippen LogP contribution >= 0.6 is 0 Å². The first kappa shape index (κ1) is 39.4. The highest BCUT2D eigenvalue weighted by molar-refractivity contribution is 5.88. The average molecular weight is 769 g/mol. The molecule has 3 aliphatic carbocycles. The average Bonchev–Trinajstić information content (AvgIpc) is 3.64. The van der Waals surface area contributed by atoms with E-state index in [2.05, 4.69) is 203 Å². The molecule has 0 fully saturated rings. The van der Waals surface area contributed by atoms with Crippen molar-refractivity contribution in [2.24, 2.45) is 5.41 Å². The quantitative estimate of drug-likeness (QED) is 0.143. The highest BCUT2D eigenvalue weighted by Crippen LogP contribution is 2.50. The van der Waals surface area contributed by atoms with Gasteiger partial charge in [-0.1, -0.05) is 156 Å². The zero-order chi connectivity index (χ0) is 41.5. The molecule has 0 spiro atoms. The molecule has 3 aliphatic rings. The largest absolute Gasteiger partial charge is 0.314 e. The molecule has 0 unspecified atom stereocenters. The molecule has 8 rings (SSSR count). The van der Waals surface area contributed by atoms with Gasteiger partial charge in [0.25, 0.3) is 0 Å². The van der Waals surface area contributed by atoms with E-state index < -0.39 is 0 Å². The summed E-state index contributed by atoms with van der Waals surface area (Å²) in [5.74, 6) is 0. The molecule has 2 heteroatoms. The molecular formula is C57H56N2. The highest BCUT2D eigenvalue weighted by atomic mass is 15.1. The molecule has 0 aliphatic heterocycles. The maximum absolute atomic E-state index is 4.81. The number of anilines is 2. The molecule has 5 aromatic rings. The van der Waals surface area contributed by atoms with Gasteiger partial charge in [0.1, 0.15) is 0 Å². The number of aromatic nitrogens is 1. The van der Waals surface area contributed by atoms with Crippen molar-refractivity contribution in [2.75, 3.05) is 4.90 Å². The van der Waals surface area contributed by atoms with Crippen molar-refractivity contribution in [3.05, 3.63) is 226 Å². The summed E-state index contributed by atoms with van der Waals surface area (Å²) in [6.45, 7) is 27.2. The third-order valence-corrected chi connectivity index (χ3v) is 13.1. The fourth-order valence-electron chi connectivity index (χ4n) is 9.30. The minimum atomic E-state index is -0.165. The van der Waals surface area contributed by atoms with E-state index in [0.717, 1.165) is 47.3 Å². The standard InChI is InChI=1S/C57H56N2/c1-10-12-21-45(11-2)59(46-22-14-13-15-23-46)48-34-30-43(31-35-48)42-28-32-47(33-29-42)58-41(5)51(49-24-17-19-26-55(49)58)38-50-40(4)57(8,9)54-36-27-39(3)56(6,7)53-25-18-16-20-44(53)37-52(50)54/h10-28,30-32,34-36,38H,2-3,5,29,33,37H2,1,4,6-9H3/b12-10-,36-27?,45-21+,51-38+. The Bertz CT molecular complexity index is 2830. The summed E-state index contributed by atoms with van der Waals surface area (Å²) in [6.07, 6.45) is 22.5. The predicted molar refractivity (Wildman–Crippen MR) is 256 cm³/mol. The molecule has 0 saturated carbocycles. The summed E-state index contributed by atoms with van der Waals surface area (Å²) in [5, 5.41) is 3.46. The van der Waals surface area contributed by atoms with Crippen LogP contribution in [-0.2, 0) is 11.8 Å². The van der Waals surface area contributed by atoms with Gasteiger partial charge in [0.15, 0.2) is 0 Å². The van der Waals surface area contributed by atoms with Crippen LogP contribution in [0.4, 0.5) is 11.4 Å². The van der Waals surface area contributed by atoms with Crippen molar-refractivity contribution < 1.29 is 0 Å². The first-order valence-corrected chi connectivity index (χ1v) is 21.0. The topological polar surface area (TPSA) is 8.17 Å². The fraction of sp³-hybridized carbons (Fsp3) is 0.193. The number of fused-ring (bicyclic) bond motifs is 2. The van der Waals surface area contributed by atoms with Crippen LogP contribution < -0.4 is 15.5 Å². The zero-order valence-corrected chi connectivity index (χ0v) is 35.6. The number of benzene rings is 4. The molecule has 4 aromatic carbocycles. The molecule has 0 saturated heterocycles. The Hall–Kier alpha value is -6.38. The van der Waals surface area contributed by atoms with Gasteiger partial charge in [-0.15, -0.1) is 0 Å². The van der Waals surface area contributed by atoms with Gasteiger partial charge in [0.05, 0.1) is 5.52 Å². The van der Waals surface area contributed by atoms with Crippen LogP contribution in [0.5, 0.6) is 0 Å². The Labute approximate surface area is 351 Å².